The van der Waals surface area contributed by atoms with E-state index < -0.39 is 0 Å². The molecule has 0 aliphatic heterocycles. The van der Waals surface area contributed by atoms with E-state index >= 15 is 0 Å². The lowest BCUT2D eigenvalue weighted by Crippen LogP contribution is -2.25. The zero-order valence-electron chi connectivity index (χ0n) is 10.8. The zero-order chi connectivity index (χ0) is 13.3. The van der Waals surface area contributed by atoms with Crippen LogP contribution in [0, 0.1) is 17.7 Å². The van der Waals surface area contributed by atoms with Crippen LogP contribution in [0.3, 0.4) is 0 Å². The minimum absolute atomic E-state index is 0.316. The third kappa shape index (κ3) is 2.63. The minimum Gasteiger partial charge on any atom is -0.397 e. The third-order valence-electron chi connectivity index (χ3n) is 4.18. The van der Waals surface area contributed by atoms with Gasteiger partial charge in [-0.25, -0.2) is 4.39 Å². The van der Waals surface area contributed by atoms with Gasteiger partial charge in [-0.1, -0.05) is 20.3 Å². The van der Waals surface area contributed by atoms with Gasteiger partial charge < -0.3 is 11.1 Å². The van der Waals surface area contributed by atoms with E-state index in [-0.39, 0.29) is 5.82 Å². The second-order valence-electron chi connectivity index (χ2n) is 5.21. The summed E-state index contributed by atoms with van der Waals surface area (Å²) >= 11 is 3.20. The topological polar surface area (TPSA) is 38.0 Å². The maximum Gasteiger partial charge on any atom is 0.139 e. The van der Waals surface area contributed by atoms with Gasteiger partial charge in [0, 0.05) is 12.1 Å². The van der Waals surface area contributed by atoms with Gasteiger partial charge in [0.05, 0.1) is 15.8 Å². The van der Waals surface area contributed by atoms with Gasteiger partial charge in [-0.15, -0.1) is 0 Å². The Morgan fingerprint density at radius 1 is 1.44 bits per heavy atom. The molecule has 1 aliphatic carbocycles. The van der Waals surface area contributed by atoms with Crippen LogP contribution in [-0.2, 0) is 0 Å². The number of halogens is 2. The van der Waals surface area contributed by atoms with Crippen molar-refractivity contribution in [1.29, 1.82) is 0 Å². The number of hydrogen-bond donors (Lipinski definition) is 2. The molecule has 3 unspecified atom stereocenters. The molecule has 2 rings (SSSR count). The van der Waals surface area contributed by atoms with Crippen LogP contribution in [0.2, 0.25) is 0 Å². The highest BCUT2D eigenvalue weighted by Crippen LogP contribution is 2.37. The highest BCUT2D eigenvalue weighted by atomic mass is 79.9. The Morgan fingerprint density at radius 3 is 2.78 bits per heavy atom. The lowest BCUT2D eigenvalue weighted by molar-refractivity contribution is 0.392. The Morgan fingerprint density at radius 2 is 2.17 bits per heavy atom. The molecule has 1 aliphatic rings. The molecule has 3 atom stereocenters. The summed E-state index contributed by atoms with van der Waals surface area (Å²) in [5.74, 6) is 1.11. The molecule has 0 amide bonds. The molecule has 1 saturated carbocycles. The summed E-state index contributed by atoms with van der Waals surface area (Å²) in [5.41, 5.74) is 7.16. The lowest BCUT2D eigenvalue weighted by Gasteiger charge is -2.23. The number of anilines is 2. The van der Waals surface area contributed by atoms with Gasteiger partial charge in [-0.2, -0.15) is 0 Å². The predicted molar refractivity (Wildman–Crippen MR) is 78.1 cm³/mol. The molecule has 4 heteroatoms. The second-order valence-corrected chi connectivity index (χ2v) is 6.06. The number of rotatable bonds is 3. The molecule has 0 spiro atoms. The van der Waals surface area contributed by atoms with E-state index in [4.69, 9.17) is 5.73 Å². The van der Waals surface area contributed by atoms with Gasteiger partial charge in [-0.05, 0) is 46.7 Å². The normalized spacial score (nSPS) is 27.4. The van der Waals surface area contributed by atoms with Gasteiger partial charge in [0.1, 0.15) is 5.82 Å². The van der Waals surface area contributed by atoms with Crippen molar-refractivity contribution >= 4 is 27.3 Å². The molecule has 0 bridgehead atoms. The van der Waals surface area contributed by atoms with Crippen LogP contribution < -0.4 is 11.1 Å². The van der Waals surface area contributed by atoms with Crippen LogP contribution in [0.15, 0.2) is 16.6 Å². The Kier molecular flexibility index (Phi) is 4.15. The molecule has 1 aromatic rings. The minimum atomic E-state index is -0.316. The summed E-state index contributed by atoms with van der Waals surface area (Å²) in [6, 6.07) is 3.54. The first-order valence-electron chi connectivity index (χ1n) is 6.54. The second kappa shape index (κ2) is 5.47. The summed E-state index contributed by atoms with van der Waals surface area (Å²) in [7, 11) is 0. The lowest BCUT2D eigenvalue weighted by atomic mass is 9.93. The molecule has 100 valence electrons. The van der Waals surface area contributed by atoms with Crippen LogP contribution >= 0.6 is 15.9 Å². The van der Waals surface area contributed by atoms with Crippen molar-refractivity contribution in [3.8, 4) is 0 Å². The maximum absolute atomic E-state index is 13.3. The van der Waals surface area contributed by atoms with E-state index in [9.17, 15) is 4.39 Å². The Labute approximate surface area is 116 Å². The largest absolute Gasteiger partial charge is 0.397 e. The van der Waals surface area contributed by atoms with Crippen molar-refractivity contribution in [2.75, 3.05) is 11.1 Å². The monoisotopic (exact) mass is 314 g/mol. The number of nitrogen functional groups attached to an aromatic ring is 1. The zero-order valence-corrected chi connectivity index (χ0v) is 12.4. The molecule has 18 heavy (non-hydrogen) atoms. The fraction of sp³-hybridized carbons (Fsp3) is 0.571. The third-order valence-corrected chi connectivity index (χ3v) is 4.79. The smallest absolute Gasteiger partial charge is 0.139 e. The van der Waals surface area contributed by atoms with Gasteiger partial charge in [0.15, 0.2) is 0 Å². The van der Waals surface area contributed by atoms with Crippen LogP contribution in [0.5, 0.6) is 0 Å². The molecule has 2 nitrogen and oxygen atoms in total. The molecule has 0 heterocycles. The van der Waals surface area contributed by atoms with Crippen LogP contribution in [0.1, 0.15) is 33.1 Å². The average Bonchev–Trinajstić information content (AvgIpc) is 2.67. The van der Waals surface area contributed by atoms with Crippen molar-refractivity contribution < 1.29 is 4.39 Å². The molecule has 1 fully saturated rings. The van der Waals surface area contributed by atoms with Gasteiger partial charge in [0.2, 0.25) is 0 Å². The number of benzene rings is 1. The molecule has 1 aromatic carbocycles. The van der Waals surface area contributed by atoms with E-state index in [1.807, 2.05) is 0 Å². The van der Waals surface area contributed by atoms with Gasteiger partial charge in [0.25, 0.3) is 0 Å². The maximum atomic E-state index is 13.3. The van der Waals surface area contributed by atoms with Crippen LogP contribution in [-0.4, -0.2) is 6.04 Å². The summed E-state index contributed by atoms with van der Waals surface area (Å²) < 4.78 is 13.8. The summed E-state index contributed by atoms with van der Waals surface area (Å²) in [6.07, 6.45) is 3.65. The van der Waals surface area contributed by atoms with Crippen molar-refractivity contribution in [3.63, 3.8) is 0 Å². The van der Waals surface area contributed by atoms with E-state index in [1.54, 1.807) is 6.07 Å². The standard InChI is InChI=1S/C14H20BrFN2/c1-3-9-4-5-13(8(9)2)18-14-6-10(15)11(16)7-12(14)17/h6-9,13,18H,3-5,17H2,1-2H3. The molecular formula is C14H20BrFN2. The first-order valence-corrected chi connectivity index (χ1v) is 7.33. The fourth-order valence-electron chi connectivity index (χ4n) is 2.91. The summed E-state index contributed by atoms with van der Waals surface area (Å²) in [4.78, 5) is 0. The Bertz CT molecular complexity index is 436. The van der Waals surface area contributed by atoms with E-state index in [0.717, 1.165) is 18.0 Å². The van der Waals surface area contributed by atoms with Crippen molar-refractivity contribution in [2.45, 2.75) is 39.2 Å². The summed E-state index contributed by atoms with van der Waals surface area (Å²) in [6.45, 7) is 4.53. The fourth-order valence-corrected chi connectivity index (χ4v) is 3.26. The number of nitrogens with one attached hydrogen (secondary N) is 1. The quantitative estimate of drug-likeness (QED) is 0.811. The Balaban J connectivity index is 2.13. The highest BCUT2D eigenvalue weighted by Gasteiger charge is 2.31. The highest BCUT2D eigenvalue weighted by molar-refractivity contribution is 9.10. The molecule has 0 aromatic heterocycles. The van der Waals surface area contributed by atoms with E-state index in [0.29, 0.717) is 22.1 Å². The first-order chi connectivity index (χ1) is 8.52. The molecule has 0 saturated heterocycles. The molecule has 0 radical (unpaired) electrons. The van der Waals surface area contributed by atoms with E-state index in [2.05, 4.69) is 35.1 Å². The van der Waals surface area contributed by atoms with Crippen molar-refractivity contribution in [3.05, 3.63) is 22.4 Å². The first kappa shape index (κ1) is 13.7. The van der Waals surface area contributed by atoms with Gasteiger partial charge in [-0.3, -0.25) is 0 Å². The van der Waals surface area contributed by atoms with Gasteiger partial charge >= 0.3 is 0 Å². The number of nitrogens with two attached hydrogens (primary N) is 1. The van der Waals surface area contributed by atoms with Crippen LogP contribution in [0.4, 0.5) is 15.8 Å². The molecule has 3 N–H and O–H groups in total. The Hall–Kier alpha value is -0.770. The van der Waals surface area contributed by atoms with E-state index in [1.165, 1.54) is 18.9 Å². The SMILES string of the molecule is CCC1CCC(Nc2cc(Br)c(F)cc2N)C1C. The van der Waals surface area contributed by atoms with Crippen LogP contribution in [0.25, 0.3) is 0 Å². The molecular weight excluding hydrogens is 295 g/mol. The summed E-state index contributed by atoms with van der Waals surface area (Å²) in [5, 5.41) is 3.47. The van der Waals surface area contributed by atoms with Crippen molar-refractivity contribution in [2.24, 2.45) is 11.8 Å². The average molecular weight is 315 g/mol. The predicted octanol–water partition coefficient (Wildman–Crippen LogP) is 4.41. The number of hydrogen-bond acceptors (Lipinski definition) is 2. The van der Waals surface area contributed by atoms with Crippen molar-refractivity contribution in [1.82, 2.24) is 0 Å².